The minimum atomic E-state index is 0.246. The van der Waals surface area contributed by atoms with E-state index in [-0.39, 0.29) is 5.84 Å². The van der Waals surface area contributed by atoms with Crippen LogP contribution in [0, 0.1) is 0 Å². The van der Waals surface area contributed by atoms with Crippen molar-refractivity contribution >= 4 is 33.4 Å². The Morgan fingerprint density at radius 1 is 1.56 bits per heavy atom. The first-order chi connectivity index (χ1) is 8.56. The maximum atomic E-state index is 8.50. The van der Waals surface area contributed by atoms with E-state index >= 15 is 0 Å². The number of amidine groups is 1. The van der Waals surface area contributed by atoms with Gasteiger partial charge in [-0.25, -0.2) is 0 Å². The molecule has 100 valence electrons. The molecule has 0 aliphatic heterocycles. The quantitative estimate of drug-likeness (QED) is 0.364. The molecule has 0 saturated carbocycles. The number of halogens is 2. The number of rotatable bonds is 6. The Labute approximate surface area is 121 Å². The molecule has 0 atom stereocenters. The molecule has 3 N–H and O–H groups in total. The van der Waals surface area contributed by atoms with E-state index in [2.05, 4.69) is 32.9 Å². The van der Waals surface area contributed by atoms with Gasteiger partial charge in [0, 0.05) is 29.0 Å². The molecular formula is C12H17BrClN3O. The van der Waals surface area contributed by atoms with E-state index in [9.17, 15) is 0 Å². The van der Waals surface area contributed by atoms with Crippen LogP contribution in [-0.4, -0.2) is 29.0 Å². The predicted molar refractivity (Wildman–Crippen MR) is 78.1 cm³/mol. The molecule has 18 heavy (non-hydrogen) atoms. The van der Waals surface area contributed by atoms with Crippen LogP contribution in [0.15, 0.2) is 27.8 Å². The van der Waals surface area contributed by atoms with E-state index in [1.165, 1.54) is 0 Å². The number of hydrogen-bond donors (Lipinski definition) is 2. The van der Waals surface area contributed by atoms with Crippen LogP contribution in [0.25, 0.3) is 0 Å². The third-order valence-electron chi connectivity index (χ3n) is 2.67. The van der Waals surface area contributed by atoms with Crippen molar-refractivity contribution in [3.05, 3.63) is 33.3 Å². The molecule has 0 heterocycles. The highest BCUT2D eigenvalue weighted by Crippen LogP contribution is 2.22. The van der Waals surface area contributed by atoms with Gasteiger partial charge in [-0.2, -0.15) is 0 Å². The topological polar surface area (TPSA) is 61.8 Å². The fourth-order valence-electron chi connectivity index (χ4n) is 1.56. The molecule has 1 rings (SSSR count). The SMILES string of the molecule is CCN(CC/C(N)=N/O)Cc1ccc(Br)cc1Cl. The van der Waals surface area contributed by atoms with Crippen LogP contribution in [0.1, 0.15) is 18.9 Å². The second-order valence-electron chi connectivity index (χ2n) is 3.95. The van der Waals surface area contributed by atoms with Gasteiger partial charge >= 0.3 is 0 Å². The van der Waals surface area contributed by atoms with Crippen molar-refractivity contribution in [3.63, 3.8) is 0 Å². The number of benzene rings is 1. The number of oxime groups is 1. The van der Waals surface area contributed by atoms with Crippen LogP contribution < -0.4 is 5.73 Å². The van der Waals surface area contributed by atoms with Crippen molar-refractivity contribution in [1.29, 1.82) is 0 Å². The third-order valence-corrected chi connectivity index (χ3v) is 3.51. The van der Waals surface area contributed by atoms with E-state index in [1.807, 2.05) is 18.2 Å². The molecule has 0 saturated heterocycles. The Morgan fingerprint density at radius 3 is 2.83 bits per heavy atom. The van der Waals surface area contributed by atoms with Crippen LogP contribution in [0.4, 0.5) is 0 Å². The van der Waals surface area contributed by atoms with Crippen molar-refractivity contribution in [2.75, 3.05) is 13.1 Å². The molecule has 6 heteroatoms. The van der Waals surface area contributed by atoms with Crippen molar-refractivity contribution in [2.24, 2.45) is 10.9 Å². The second-order valence-corrected chi connectivity index (χ2v) is 5.27. The van der Waals surface area contributed by atoms with Crippen LogP contribution in [0.3, 0.4) is 0 Å². The average molecular weight is 335 g/mol. The van der Waals surface area contributed by atoms with Gasteiger partial charge in [0.2, 0.25) is 0 Å². The molecule has 4 nitrogen and oxygen atoms in total. The van der Waals surface area contributed by atoms with Crippen molar-refractivity contribution in [3.8, 4) is 0 Å². The zero-order chi connectivity index (χ0) is 13.5. The maximum absolute atomic E-state index is 8.50. The molecule has 0 spiro atoms. The molecule has 0 aromatic heterocycles. The monoisotopic (exact) mass is 333 g/mol. The molecule has 0 radical (unpaired) electrons. The van der Waals surface area contributed by atoms with E-state index in [1.54, 1.807) is 0 Å². The van der Waals surface area contributed by atoms with Crippen molar-refractivity contribution < 1.29 is 5.21 Å². The summed E-state index contributed by atoms with van der Waals surface area (Å²) in [6.07, 6.45) is 0.540. The van der Waals surface area contributed by atoms with E-state index in [0.29, 0.717) is 6.42 Å². The lowest BCUT2D eigenvalue weighted by Crippen LogP contribution is -2.28. The summed E-state index contributed by atoms with van der Waals surface area (Å²) in [6, 6.07) is 5.85. The summed E-state index contributed by atoms with van der Waals surface area (Å²) < 4.78 is 0.968. The molecule has 1 aromatic rings. The highest BCUT2D eigenvalue weighted by atomic mass is 79.9. The lowest BCUT2D eigenvalue weighted by Gasteiger charge is -2.20. The summed E-state index contributed by atoms with van der Waals surface area (Å²) in [5.74, 6) is 0.246. The Morgan fingerprint density at radius 2 is 2.28 bits per heavy atom. The molecule has 1 aromatic carbocycles. The summed E-state index contributed by atoms with van der Waals surface area (Å²) in [6.45, 7) is 4.43. The Balaban J connectivity index is 2.62. The standard InChI is InChI=1S/C12H17BrClN3O/c1-2-17(6-5-12(15)16-18)8-9-3-4-10(13)7-11(9)14/h3-4,7,18H,2,5-6,8H2,1H3,(H2,15,16). The van der Waals surface area contributed by atoms with Crippen LogP contribution >= 0.6 is 27.5 Å². The predicted octanol–water partition coefficient (Wildman–Crippen LogP) is 3.06. The van der Waals surface area contributed by atoms with Gasteiger partial charge in [0.15, 0.2) is 0 Å². The largest absolute Gasteiger partial charge is 0.409 e. The summed E-state index contributed by atoms with van der Waals surface area (Å²) >= 11 is 9.56. The minimum absolute atomic E-state index is 0.246. The molecule has 0 aliphatic rings. The Kier molecular flexibility index (Phi) is 6.46. The number of hydrogen-bond acceptors (Lipinski definition) is 3. The van der Waals surface area contributed by atoms with Gasteiger partial charge < -0.3 is 10.9 Å². The Hall–Kier alpha value is -0.780. The first-order valence-electron chi connectivity index (χ1n) is 5.69. The van der Waals surface area contributed by atoms with Gasteiger partial charge in [0.05, 0.1) is 0 Å². The highest BCUT2D eigenvalue weighted by molar-refractivity contribution is 9.10. The lowest BCUT2D eigenvalue weighted by molar-refractivity contribution is 0.283. The van der Waals surface area contributed by atoms with Gasteiger partial charge in [0.25, 0.3) is 0 Å². The van der Waals surface area contributed by atoms with Gasteiger partial charge in [-0.15, -0.1) is 0 Å². The summed E-state index contributed by atoms with van der Waals surface area (Å²) in [4.78, 5) is 2.19. The van der Waals surface area contributed by atoms with Crippen molar-refractivity contribution in [2.45, 2.75) is 19.9 Å². The third kappa shape index (κ3) is 4.84. The van der Waals surface area contributed by atoms with Gasteiger partial charge in [0.1, 0.15) is 5.84 Å². The smallest absolute Gasteiger partial charge is 0.140 e. The molecule has 0 unspecified atom stereocenters. The zero-order valence-corrected chi connectivity index (χ0v) is 12.6. The van der Waals surface area contributed by atoms with Crippen LogP contribution in [0.2, 0.25) is 5.02 Å². The fourth-order valence-corrected chi connectivity index (χ4v) is 2.30. The number of nitrogens with two attached hydrogens (primary N) is 1. The average Bonchev–Trinajstić information content (AvgIpc) is 2.36. The van der Waals surface area contributed by atoms with E-state index < -0.39 is 0 Å². The van der Waals surface area contributed by atoms with Gasteiger partial charge in [-0.3, -0.25) is 4.90 Å². The molecule has 0 aliphatic carbocycles. The summed E-state index contributed by atoms with van der Waals surface area (Å²) in [7, 11) is 0. The van der Waals surface area contributed by atoms with Gasteiger partial charge in [-0.05, 0) is 24.2 Å². The molecule has 0 bridgehead atoms. The summed E-state index contributed by atoms with van der Waals surface area (Å²) in [5, 5.41) is 12.2. The lowest BCUT2D eigenvalue weighted by atomic mass is 10.2. The van der Waals surface area contributed by atoms with Crippen molar-refractivity contribution in [1.82, 2.24) is 4.90 Å². The maximum Gasteiger partial charge on any atom is 0.140 e. The highest BCUT2D eigenvalue weighted by Gasteiger charge is 2.08. The zero-order valence-electron chi connectivity index (χ0n) is 10.2. The minimum Gasteiger partial charge on any atom is -0.409 e. The van der Waals surface area contributed by atoms with E-state index in [0.717, 1.165) is 34.7 Å². The molecule has 0 amide bonds. The van der Waals surface area contributed by atoms with E-state index in [4.69, 9.17) is 22.5 Å². The first-order valence-corrected chi connectivity index (χ1v) is 6.86. The van der Waals surface area contributed by atoms with Crippen LogP contribution in [0.5, 0.6) is 0 Å². The molecule has 0 fully saturated rings. The number of nitrogens with zero attached hydrogens (tertiary/aromatic N) is 2. The van der Waals surface area contributed by atoms with Gasteiger partial charge in [-0.1, -0.05) is 45.7 Å². The first kappa shape index (κ1) is 15.3. The normalized spacial score (nSPS) is 12.1. The van der Waals surface area contributed by atoms with Crippen LogP contribution in [-0.2, 0) is 6.54 Å². The summed E-state index contributed by atoms with van der Waals surface area (Å²) in [5.41, 5.74) is 6.53. The second kappa shape index (κ2) is 7.61. The fraction of sp³-hybridized carbons (Fsp3) is 0.417. The molecular weight excluding hydrogens is 318 g/mol. The Bertz CT molecular complexity index is 426.